The molecule has 0 heterocycles. The van der Waals surface area contributed by atoms with Gasteiger partial charge >= 0.3 is 0 Å². The van der Waals surface area contributed by atoms with E-state index in [1.54, 1.807) is 0 Å². The Morgan fingerprint density at radius 3 is 2.06 bits per heavy atom. The van der Waals surface area contributed by atoms with Crippen LogP contribution < -0.4 is 5.73 Å². The second-order valence-electron chi connectivity index (χ2n) is 5.48. The predicted molar refractivity (Wildman–Crippen MR) is 84.2 cm³/mol. The minimum absolute atomic E-state index is 0.167. The maximum absolute atomic E-state index is 6.23. The van der Waals surface area contributed by atoms with E-state index in [0.29, 0.717) is 5.92 Å². The van der Waals surface area contributed by atoms with Gasteiger partial charge in [0.15, 0.2) is 0 Å². The zero-order valence-corrected chi connectivity index (χ0v) is 13.0. The van der Waals surface area contributed by atoms with Gasteiger partial charge in [0.25, 0.3) is 0 Å². The monoisotopic (exact) mass is 265 g/mol. The van der Waals surface area contributed by atoms with E-state index in [1.807, 2.05) is 11.8 Å². The first-order valence-corrected chi connectivity index (χ1v) is 8.13. The molecule has 0 radical (unpaired) electrons. The second kappa shape index (κ2) is 7.85. The Balaban J connectivity index is 2.44. The Morgan fingerprint density at radius 2 is 1.56 bits per heavy atom. The summed E-state index contributed by atoms with van der Waals surface area (Å²) in [6, 6.07) is 8.95. The first kappa shape index (κ1) is 15.6. The highest BCUT2D eigenvalue weighted by atomic mass is 32.2. The van der Waals surface area contributed by atoms with Crippen LogP contribution in [0.3, 0.4) is 0 Å². The van der Waals surface area contributed by atoms with Crippen molar-refractivity contribution in [3.63, 3.8) is 0 Å². The van der Waals surface area contributed by atoms with Crippen molar-refractivity contribution >= 4 is 11.8 Å². The SMILES string of the molecule is CCC(C)CSCC(N)c1ccc(C(C)C)cc1. The van der Waals surface area contributed by atoms with E-state index in [1.165, 1.54) is 23.3 Å². The van der Waals surface area contributed by atoms with E-state index < -0.39 is 0 Å². The zero-order valence-electron chi connectivity index (χ0n) is 12.1. The first-order valence-electron chi connectivity index (χ1n) is 6.97. The van der Waals surface area contributed by atoms with Gasteiger partial charge in [-0.1, -0.05) is 58.4 Å². The van der Waals surface area contributed by atoms with E-state index in [4.69, 9.17) is 5.73 Å². The maximum atomic E-state index is 6.23. The molecule has 0 fully saturated rings. The quantitative estimate of drug-likeness (QED) is 0.780. The molecule has 0 aliphatic carbocycles. The van der Waals surface area contributed by atoms with E-state index >= 15 is 0 Å². The molecule has 0 spiro atoms. The van der Waals surface area contributed by atoms with Gasteiger partial charge in [-0.15, -0.1) is 0 Å². The third-order valence-corrected chi connectivity index (χ3v) is 4.83. The summed E-state index contributed by atoms with van der Waals surface area (Å²) in [4.78, 5) is 0. The molecule has 1 nitrogen and oxygen atoms in total. The molecule has 0 saturated heterocycles. The number of nitrogens with two attached hydrogens (primary N) is 1. The molecule has 0 aliphatic heterocycles. The van der Waals surface area contributed by atoms with E-state index in [-0.39, 0.29) is 6.04 Å². The molecule has 2 atom stereocenters. The van der Waals surface area contributed by atoms with Crippen LogP contribution in [-0.4, -0.2) is 11.5 Å². The Labute approximate surface area is 117 Å². The third kappa shape index (κ3) is 5.03. The summed E-state index contributed by atoms with van der Waals surface area (Å²) < 4.78 is 0. The normalized spacial score (nSPS) is 14.8. The summed E-state index contributed by atoms with van der Waals surface area (Å²) in [6.45, 7) is 8.99. The molecule has 0 saturated carbocycles. The van der Waals surface area contributed by atoms with E-state index in [0.717, 1.165) is 11.7 Å². The molecule has 0 aromatic heterocycles. The van der Waals surface area contributed by atoms with Gasteiger partial charge in [0.1, 0.15) is 0 Å². The molecule has 2 heteroatoms. The van der Waals surface area contributed by atoms with Gasteiger partial charge in [0.2, 0.25) is 0 Å². The minimum Gasteiger partial charge on any atom is -0.323 e. The molecule has 0 amide bonds. The van der Waals surface area contributed by atoms with Crippen molar-refractivity contribution in [3.05, 3.63) is 35.4 Å². The fraction of sp³-hybridized carbons (Fsp3) is 0.625. The Bertz CT molecular complexity index is 331. The molecule has 0 bridgehead atoms. The number of hydrogen-bond acceptors (Lipinski definition) is 2. The van der Waals surface area contributed by atoms with Crippen molar-refractivity contribution in [3.8, 4) is 0 Å². The summed E-state index contributed by atoms with van der Waals surface area (Å²) in [7, 11) is 0. The number of hydrogen-bond donors (Lipinski definition) is 1. The molecular formula is C16H27NS. The van der Waals surface area contributed by atoms with Crippen molar-refractivity contribution in [1.29, 1.82) is 0 Å². The first-order chi connectivity index (χ1) is 8.54. The lowest BCUT2D eigenvalue weighted by Gasteiger charge is -2.14. The molecule has 1 rings (SSSR count). The van der Waals surface area contributed by atoms with Crippen LogP contribution in [0, 0.1) is 5.92 Å². The molecule has 18 heavy (non-hydrogen) atoms. The average molecular weight is 265 g/mol. The Morgan fingerprint density at radius 1 is 1.00 bits per heavy atom. The van der Waals surface area contributed by atoms with Crippen LogP contribution in [0.15, 0.2) is 24.3 Å². The number of rotatable bonds is 7. The topological polar surface area (TPSA) is 26.0 Å². The fourth-order valence-corrected chi connectivity index (χ4v) is 2.96. The number of thioether (sulfide) groups is 1. The lowest BCUT2D eigenvalue weighted by Crippen LogP contribution is -2.14. The van der Waals surface area contributed by atoms with Crippen LogP contribution in [0.25, 0.3) is 0 Å². The summed E-state index contributed by atoms with van der Waals surface area (Å²) in [5.74, 6) is 3.63. The van der Waals surface area contributed by atoms with Crippen LogP contribution >= 0.6 is 11.8 Å². The highest BCUT2D eigenvalue weighted by molar-refractivity contribution is 7.99. The third-order valence-electron chi connectivity index (χ3n) is 3.43. The largest absolute Gasteiger partial charge is 0.323 e. The standard InChI is InChI=1S/C16H27NS/c1-5-13(4)10-18-11-16(17)15-8-6-14(7-9-15)12(2)3/h6-9,12-13,16H,5,10-11,17H2,1-4H3. The van der Waals surface area contributed by atoms with Gasteiger partial charge in [-0.25, -0.2) is 0 Å². The highest BCUT2D eigenvalue weighted by Gasteiger charge is 2.08. The van der Waals surface area contributed by atoms with Crippen molar-refractivity contribution in [2.24, 2.45) is 11.7 Å². The van der Waals surface area contributed by atoms with Gasteiger partial charge in [-0.2, -0.15) is 11.8 Å². The van der Waals surface area contributed by atoms with Crippen molar-refractivity contribution < 1.29 is 0 Å². The van der Waals surface area contributed by atoms with Crippen LogP contribution in [-0.2, 0) is 0 Å². The minimum atomic E-state index is 0.167. The van der Waals surface area contributed by atoms with Crippen molar-refractivity contribution in [1.82, 2.24) is 0 Å². The highest BCUT2D eigenvalue weighted by Crippen LogP contribution is 2.21. The van der Waals surface area contributed by atoms with Gasteiger partial charge in [0, 0.05) is 11.8 Å². The number of benzene rings is 1. The lowest BCUT2D eigenvalue weighted by molar-refractivity contribution is 0.636. The Hall–Kier alpha value is -0.470. The van der Waals surface area contributed by atoms with Crippen molar-refractivity contribution in [2.75, 3.05) is 11.5 Å². The smallest absolute Gasteiger partial charge is 0.0386 e. The van der Waals surface area contributed by atoms with Gasteiger partial charge in [-0.3, -0.25) is 0 Å². The summed E-state index contributed by atoms with van der Waals surface area (Å²) >= 11 is 1.97. The van der Waals surface area contributed by atoms with Crippen LogP contribution in [0.5, 0.6) is 0 Å². The zero-order chi connectivity index (χ0) is 13.5. The predicted octanol–water partition coefficient (Wildman–Crippen LogP) is 4.59. The Kier molecular flexibility index (Phi) is 6.80. The second-order valence-corrected chi connectivity index (χ2v) is 6.55. The molecule has 102 valence electrons. The lowest BCUT2D eigenvalue weighted by atomic mass is 10.00. The molecule has 2 unspecified atom stereocenters. The maximum Gasteiger partial charge on any atom is 0.0386 e. The van der Waals surface area contributed by atoms with Crippen LogP contribution in [0.1, 0.15) is 57.2 Å². The van der Waals surface area contributed by atoms with Crippen molar-refractivity contribution in [2.45, 2.75) is 46.1 Å². The molecule has 1 aromatic carbocycles. The fourth-order valence-electron chi connectivity index (χ4n) is 1.74. The summed E-state index contributed by atoms with van der Waals surface area (Å²) in [5, 5.41) is 0. The van der Waals surface area contributed by atoms with Gasteiger partial charge in [-0.05, 0) is 28.7 Å². The van der Waals surface area contributed by atoms with E-state index in [2.05, 4.69) is 52.0 Å². The molecule has 1 aromatic rings. The van der Waals surface area contributed by atoms with E-state index in [9.17, 15) is 0 Å². The molecule has 0 aliphatic rings. The van der Waals surface area contributed by atoms with Gasteiger partial charge < -0.3 is 5.73 Å². The summed E-state index contributed by atoms with van der Waals surface area (Å²) in [6.07, 6.45) is 1.26. The van der Waals surface area contributed by atoms with Crippen LogP contribution in [0.2, 0.25) is 0 Å². The van der Waals surface area contributed by atoms with Gasteiger partial charge in [0.05, 0.1) is 0 Å². The molecule has 2 N–H and O–H groups in total. The van der Waals surface area contributed by atoms with Crippen LogP contribution in [0.4, 0.5) is 0 Å². The summed E-state index contributed by atoms with van der Waals surface area (Å²) in [5.41, 5.74) is 8.88. The average Bonchev–Trinajstić information content (AvgIpc) is 2.38. The molecular weight excluding hydrogens is 238 g/mol.